The largest absolute Gasteiger partial charge is 0.481 e. The van der Waals surface area contributed by atoms with Crippen LogP contribution in [0.3, 0.4) is 0 Å². The van der Waals surface area contributed by atoms with E-state index in [2.05, 4.69) is 4.98 Å². The van der Waals surface area contributed by atoms with Crippen LogP contribution in [0.1, 0.15) is 23.4 Å². The third-order valence-electron chi connectivity index (χ3n) is 1.84. The molecule has 0 atom stereocenters. The summed E-state index contributed by atoms with van der Waals surface area (Å²) in [5, 5.41) is 8.41. The Bertz CT molecular complexity index is 393. The summed E-state index contributed by atoms with van der Waals surface area (Å²) in [5.74, 6) is -2.11. The van der Waals surface area contributed by atoms with E-state index >= 15 is 0 Å². The molecule has 0 unspecified atom stereocenters. The zero-order chi connectivity index (χ0) is 11.6. The predicted molar refractivity (Wildman–Crippen MR) is 45.2 cm³/mol. The number of carbonyl (C=O) groups is 1. The Morgan fingerprint density at radius 2 is 2.20 bits per heavy atom. The van der Waals surface area contributed by atoms with Crippen LogP contribution >= 0.6 is 0 Å². The summed E-state index contributed by atoms with van der Waals surface area (Å²) in [6, 6.07) is 0.856. The van der Waals surface area contributed by atoms with E-state index in [4.69, 9.17) is 5.11 Å². The first-order valence-corrected chi connectivity index (χ1v) is 4.07. The Morgan fingerprint density at radius 3 is 2.67 bits per heavy atom. The van der Waals surface area contributed by atoms with Gasteiger partial charge < -0.3 is 5.11 Å². The molecule has 0 spiro atoms. The van der Waals surface area contributed by atoms with Crippen molar-refractivity contribution >= 4 is 5.97 Å². The number of carboxylic acid groups (broad SMARTS) is 1. The fraction of sp³-hybridized carbons (Fsp3) is 0.333. The molecule has 0 saturated heterocycles. The van der Waals surface area contributed by atoms with Crippen molar-refractivity contribution < 1.29 is 23.1 Å². The molecule has 0 fully saturated rings. The summed E-state index contributed by atoms with van der Waals surface area (Å²) in [4.78, 5) is 13.7. The molecule has 0 aliphatic rings. The Kier molecular flexibility index (Phi) is 3.28. The van der Waals surface area contributed by atoms with Gasteiger partial charge in [0.25, 0.3) is 6.43 Å². The molecule has 1 heterocycles. The lowest BCUT2D eigenvalue weighted by Gasteiger charge is -2.07. The molecule has 82 valence electrons. The van der Waals surface area contributed by atoms with E-state index in [9.17, 15) is 18.0 Å². The summed E-state index contributed by atoms with van der Waals surface area (Å²) >= 11 is 0. The van der Waals surface area contributed by atoms with Crippen molar-refractivity contribution in [3.05, 3.63) is 28.8 Å². The molecule has 0 bridgehead atoms. The number of halogens is 3. The number of nitrogens with zero attached hydrogens (tertiary/aromatic N) is 1. The van der Waals surface area contributed by atoms with Crippen LogP contribution in [0.15, 0.2) is 6.07 Å². The van der Waals surface area contributed by atoms with Gasteiger partial charge >= 0.3 is 5.97 Å². The molecule has 6 heteroatoms. The SMILES string of the molecule is Cc1c(F)cc(CC(=O)O)nc1C(F)F. The van der Waals surface area contributed by atoms with Gasteiger partial charge in [-0.25, -0.2) is 13.2 Å². The van der Waals surface area contributed by atoms with E-state index in [1.54, 1.807) is 0 Å². The molecule has 0 saturated carbocycles. The van der Waals surface area contributed by atoms with Gasteiger partial charge in [-0.15, -0.1) is 0 Å². The lowest BCUT2D eigenvalue weighted by molar-refractivity contribution is -0.136. The average Bonchev–Trinajstić information content (AvgIpc) is 2.09. The highest BCUT2D eigenvalue weighted by Gasteiger charge is 2.17. The zero-order valence-electron chi connectivity index (χ0n) is 7.80. The molecule has 0 aliphatic heterocycles. The number of rotatable bonds is 3. The molecule has 0 amide bonds. The van der Waals surface area contributed by atoms with Crippen molar-refractivity contribution in [2.24, 2.45) is 0 Å². The monoisotopic (exact) mass is 219 g/mol. The van der Waals surface area contributed by atoms with Crippen LogP contribution in [-0.2, 0) is 11.2 Å². The highest BCUT2D eigenvalue weighted by atomic mass is 19.3. The second-order valence-corrected chi connectivity index (χ2v) is 2.98. The number of carboxylic acids is 1. The third kappa shape index (κ3) is 2.68. The summed E-state index contributed by atoms with van der Waals surface area (Å²) in [6.07, 6.45) is -3.48. The van der Waals surface area contributed by atoms with Crippen molar-refractivity contribution in [3.63, 3.8) is 0 Å². The number of hydrogen-bond donors (Lipinski definition) is 1. The van der Waals surface area contributed by atoms with Crippen LogP contribution in [0.25, 0.3) is 0 Å². The standard InChI is InChI=1S/C9H8F3NO2/c1-4-6(10)2-5(3-7(14)15)13-8(4)9(11)12/h2,9H,3H2,1H3,(H,14,15). The predicted octanol–water partition coefficient (Wildman–Crippen LogP) is 2.09. The van der Waals surface area contributed by atoms with E-state index < -0.39 is 30.3 Å². The van der Waals surface area contributed by atoms with E-state index in [1.807, 2.05) is 0 Å². The van der Waals surface area contributed by atoms with E-state index in [0.717, 1.165) is 6.07 Å². The van der Waals surface area contributed by atoms with Gasteiger partial charge in [-0.3, -0.25) is 9.78 Å². The van der Waals surface area contributed by atoms with Crippen LogP contribution < -0.4 is 0 Å². The number of alkyl halides is 2. The molecule has 1 aromatic rings. The second-order valence-electron chi connectivity index (χ2n) is 2.98. The maximum Gasteiger partial charge on any atom is 0.309 e. The molecule has 3 nitrogen and oxygen atoms in total. The minimum Gasteiger partial charge on any atom is -0.481 e. The topological polar surface area (TPSA) is 50.2 Å². The van der Waals surface area contributed by atoms with Gasteiger partial charge in [-0.1, -0.05) is 0 Å². The lowest BCUT2D eigenvalue weighted by Crippen LogP contribution is -2.07. The van der Waals surface area contributed by atoms with Crippen LogP contribution in [-0.4, -0.2) is 16.1 Å². The summed E-state index contributed by atoms with van der Waals surface area (Å²) in [6.45, 7) is 1.17. The van der Waals surface area contributed by atoms with Crippen LogP contribution in [0.2, 0.25) is 0 Å². The first-order chi connectivity index (χ1) is 6.91. The Labute approximate surface area is 83.6 Å². The number of pyridine rings is 1. The number of hydrogen-bond acceptors (Lipinski definition) is 2. The number of aromatic nitrogens is 1. The van der Waals surface area contributed by atoms with Gasteiger partial charge in [0.1, 0.15) is 11.5 Å². The normalized spacial score (nSPS) is 10.7. The van der Waals surface area contributed by atoms with Crippen molar-refractivity contribution in [3.8, 4) is 0 Å². The van der Waals surface area contributed by atoms with Crippen LogP contribution in [0, 0.1) is 12.7 Å². The fourth-order valence-corrected chi connectivity index (χ4v) is 1.11. The minimum absolute atomic E-state index is 0.207. The molecule has 0 radical (unpaired) electrons. The van der Waals surface area contributed by atoms with Gasteiger partial charge in [-0.2, -0.15) is 0 Å². The maximum atomic E-state index is 13.1. The van der Waals surface area contributed by atoms with E-state index in [1.165, 1.54) is 6.92 Å². The minimum atomic E-state index is -2.91. The highest BCUT2D eigenvalue weighted by Crippen LogP contribution is 2.23. The van der Waals surface area contributed by atoms with Crippen LogP contribution in [0.4, 0.5) is 13.2 Å². The van der Waals surface area contributed by atoms with Gasteiger partial charge in [0, 0.05) is 5.56 Å². The highest BCUT2D eigenvalue weighted by molar-refractivity contribution is 5.69. The van der Waals surface area contributed by atoms with E-state index in [-0.39, 0.29) is 11.3 Å². The summed E-state index contributed by atoms with van der Waals surface area (Å²) in [7, 11) is 0. The molecular weight excluding hydrogens is 211 g/mol. The quantitative estimate of drug-likeness (QED) is 0.846. The Balaban J connectivity index is 3.17. The van der Waals surface area contributed by atoms with Crippen molar-refractivity contribution in [1.82, 2.24) is 4.98 Å². The van der Waals surface area contributed by atoms with Gasteiger partial charge in [0.2, 0.25) is 0 Å². The third-order valence-corrected chi connectivity index (χ3v) is 1.84. The molecule has 1 rings (SSSR count). The Hall–Kier alpha value is -1.59. The maximum absolute atomic E-state index is 13.1. The fourth-order valence-electron chi connectivity index (χ4n) is 1.11. The van der Waals surface area contributed by atoms with E-state index in [0.29, 0.717) is 0 Å². The second kappa shape index (κ2) is 4.29. The molecular formula is C9H8F3NO2. The van der Waals surface area contributed by atoms with Gasteiger partial charge in [0.15, 0.2) is 0 Å². The van der Waals surface area contributed by atoms with Crippen molar-refractivity contribution in [1.29, 1.82) is 0 Å². The first-order valence-electron chi connectivity index (χ1n) is 4.07. The molecule has 0 aromatic carbocycles. The molecule has 1 aromatic heterocycles. The van der Waals surface area contributed by atoms with Crippen LogP contribution in [0.5, 0.6) is 0 Å². The smallest absolute Gasteiger partial charge is 0.309 e. The Morgan fingerprint density at radius 1 is 1.60 bits per heavy atom. The number of aliphatic carboxylic acids is 1. The van der Waals surface area contributed by atoms with Gasteiger partial charge in [0.05, 0.1) is 12.1 Å². The van der Waals surface area contributed by atoms with Gasteiger partial charge in [-0.05, 0) is 13.0 Å². The molecule has 0 aliphatic carbocycles. The molecule has 15 heavy (non-hydrogen) atoms. The lowest BCUT2D eigenvalue weighted by atomic mass is 10.1. The summed E-state index contributed by atoms with van der Waals surface area (Å²) < 4.78 is 37.8. The molecule has 1 N–H and O–H groups in total. The summed E-state index contributed by atoms with van der Waals surface area (Å²) in [5.41, 5.74) is -1.16. The first kappa shape index (κ1) is 11.5. The van der Waals surface area contributed by atoms with Crippen molar-refractivity contribution in [2.45, 2.75) is 19.8 Å². The average molecular weight is 219 g/mol. The zero-order valence-corrected chi connectivity index (χ0v) is 7.80. The van der Waals surface area contributed by atoms with Crippen molar-refractivity contribution in [2.75, 3.05) is 0 Å².